The Hall–Kier alpha value is -3.15. The Morgan fingerprint density at radius 3 is 2.78 bits per heavy atom. The van der Waals surface area contributed by atoms with Gasteiger partial charge < -0.3 is 10.4 Å². The number of nitrogens with zero attached hydrogens (tertiary/aromatic N) is 3. The fourth-order valence-electron chi connectivity index (χ4n) is 2.88. The van der Waals surface area contributed by atoms with Crippen LogP contribution in [0.25, 0.3) is 11.3 Å². The monoisotopic (exact) mass is 306 g/mol. The maximum Gasteiger partial charge on any atom is 0.337 e. The van der Waals surface area contributed by atoms with Gasteiger partial charge in [-0.15, -0.1) is 0 Å². The molecule has 23 heavy (non-hydrogen) atoms. The first kappa shape index (κ1) is 13.5. The van der Waals surface area contributed by atoms with Crippen LogP contribution < -0.4 is 5.32 Å². The van der Waals surface area contributed by atoms with Gasteiger partial charge in [-0.3, -0.25) is 4.98 Å². The first-order valence-electron chi connectivity index (χ1n) is 7.29. The molecule has 6 nitrogen and oxygen atoms in total. The lowest BCUT2D eigenvalue weighted by atomic mass is 10.1. The van der Waals surface area contributed by atoms with Crippen molar-refractivity contribution in [3.05, 3.63) is 59.9 Å². The number of fused-ring (bicyclic) bond motifs is 2. The minimum atomic E-state index is -0.973. The van der Waals surface area contributed by atoms with E-state index in [0.29, 0.717) is 11.4 Å². The quantitative estimate of drug-likeness (QED) is 0.759. The minimum absolute atomic E-state index is 0.141. The summed E-state index contributed by atoms with van der Waals surface area (Å²) in [5.74, 6) is -0.209. The number of aromatic nitrogens is 3. The molecule has 0 spiro atoms. The summed E-state index contributed by atoms with van der Waals surface area (Å²) in [5, 5.41) is 17.2. The Kier molecular flexibility index (Phi) is 2.90. The summed E-state index contributed by atoms with van der Waals surface area (Å²) >= 11 is 0. The summed E-state index contributed by atoms with van der Waals surface area (Å²) < 4.78 is 1.84. The van der Waals surface area contributed by atoms with Crippen LogP contribution in [-0.2, 0) is 0 Å². The molecule has 2 aromatic heterocycles. The van der Waals surface area contributed by atoms with E-state index >= 15 is 0 Å². The van der Waals surface area contributed by atoms with Crippen LogP contribution in [0.4, 0.5) is 11.5 Å². The third-order valence-electron chi connectivity index (χ3n) is 4.03. The fraction of sp³-hybridized carbons (Fsp3) is 0.118. The van der Waals surface area contributed by atoms with E-state index in [0.717, 1.165) is 17.1 Å². The zero-order valence-corrected chi connectivity index (χ0v) is 12.4. The summed E-state index contributed by atoms with van der Waals surface area (Å²) in [6, 6.07) is 13.2. The lowest BCUT2D eigenvalue weighted by molar-refractivity contribution is 0.0697. The molecule has 114 valence electrons. The summed E-state index contributed by atoms with van der Waals surface area (Å²) in [5.41, 5.74) is 3.29. The minimum Gasteiger partial charge on any atom is -0.478 e. The number of nitrogens with one attached hydrogen (secondary N) is 1. The van der Waals surface area contributed by atoms with Crippen molar-refractivity contribution < 1.29 is 9.90 Å². The largest absolute Gasteiger partial charge is 0.478 e. The van der Waals surface area contributed by atoms with Crippen molar-refractivity contribution in [3.63, 3.8) is 0 Å². The molecule has 4 rings (SSSR count). The Morgan fingerprint density at radius 2 is 2.04 bits per heavy atom. The molecule has 1 aliphatic heterocycles. The highest BCUT2D eigenvalue weighted by Crippen LogP contribution is 2.38. The van der Waals surface area contributed by atoms with Gasteiger partial charge in [0.05, 0.1) is 28.7 Å². The predicted octanol–water partition coefficient (Wildman–Crippen LogP) is 3.31. The molecule has 6 heteroatoms. The Morgan fingerprint density at radius 1 is 1.26 bits per heavy atom. The molecule has 0 aliphatic carbocycles. The van der Waals surface area contributed by atoms with Crippen LogP contribution in [0.3, 0.4) is 0 Å². The Bertz CT molecular complexity index is 902. The van der Waals surface area contributed by atoms with Gasteiger partial charge in [0, 0.05) is 17.8 Å². The predicted molar refractivity (Wildman–Crippen MR) is 86.0 cm³/mol. The standard InChI is InChI=1S/C17H14N4O2/c1-10-15-16(12(17(22)23)7-8-18-15)19-14-9-13(20-21(10)14)11-5-3-2-4-6-11/h2-10,19H,1H3,(H,22,23). The number of benzene rings is 1. The zero-order valence-electron chi connectivity index (χ0n) is 12.4. The molecule has 1 aliphatic rings. The van der Waals surface area contributed by atoms with E-state index in [9.17, 15) is 9.90 Å². The van der Waals surface area contributed by atoms with Crippen LogP contribution in [0, 0.1) is 0 Å². The van der Waals surface area contributed by atoms with Crippen molar-refractivity contribution in [3.8, 4) is 11.3 Å². The summed E-state index contributed by atoms with van der Waals surface area (Å²) in [6.07, 6.45) is 1.52. The van der Waals surface area contributed by atoms with E-state index in [1.165, 1.54) is 12.3 Å². The third kappa shape index (κ3) is 2.07. The number of anilines is 2. The molecule has 0 fully saturated rings. The molecule has 0 saturated carbocycles. The van der Waals surface area contributed by atoms with Crippen LogP contribution >= 0.6 is 0 Å². The Balaban J connectivity index is 1.84. The maximum atomic E-state index is 11.4. The number of hydrogen-bond acceptors (Lipinski definition) is 4. The molecule has 0 radical (unpaired) electrons. The molecule has 1 unspecified atom stereocenters. The van der Waals surface area contributed by atoms with Crippen molar-refractivity contribution in [1.82, 2.24) is 14.8 Å². The van der Waals surface area contributed by atoms with Crippen LogP contribution in [0.1, 0.15) is 29.0 Å². The van der Waals surface area contributed by atoms with Crippen molar-refractivity contribution in [2.75, 3.05) is 5.32 Å². The second-order valence-corrected chi connectivity index (χ2v) is 5.45. The SMILES string of the molecule is CC1c2nccc(C(=O)O)c2Nc2cc(-c3ccccc3)nn21. The molecule has 0 saturated heterocycles. The van der Waals surface area contributed by atoms with Gasteiger partial charge in [0.2, 0.25) is 0 Å². The number of hydrogen-bond donors (Lipinski definition) is 2. The number of carbonyl (C=O) groups is 1. The first-order valence-corrected chi connectivity index (χ1v) is 7.29. The van der Waals surface area contributed by atoms with E-state index in [1.54, 1.807) is 0 Å². The van der Waals surface area contributed by atoms with E-state index < -0.39 is 5.97 Å². The van der Waals surface area contributed by atoms with Crippen LogP contribution in [0.5, 0.6) is 0 Å². The first-order chi connectivity index (χ1) is 11.1. The summed E-state index contributed by atoms with van der Waals surface area (Å²) in [6.45, 7) is 1.96. The number of carboxylic acids is 1. The van der Waals surface area contributed by atoms with Gasteiger partial charge in [-0.1, -0.05) is 30.3 Å². The van der Waals surface area contributed by atoms with Gasteiger partial charge in [0.25, 0.3) is 0 Å². The molecule has 2 N–H and O–H groups in total. The van der Waals surface area contributed by atoms with Gasteiger partial charge >= 0.3 is 5.97 Å². The summed E-state index contributed by atoms with van der Waals surface area (Å²) in [7, 11) is 0. The molecule has 3 heterocycles. The molecule has 0 bridgehead atoms. The van der Waals surface area contributed by atoms with E-state index in [-0.39, 0.29) is 11.6 Å². The molecular formula is C17H14N4O2. The average molecular weight is 306 g/mol. The fourth-order valence-corrected chi connectivity index (χ4v) is 2.88. The van der Waals surface area contributed by atoms with E-state index in [2.05, 4.69) is 15.4 Å². The van der Waals surface area contributed by atoms with Gasteiger partial charge in [0.1, 0.15) is 5.82 Å². The van der Waals surface area contributed by atoms with Crippen LogP contribution in [0.15, 0.2) is 48.7 Å². The molecule has 1 atom stereocenters. The van der Waals surface area contributed by atoms with Crippen molar-refractivity contribution in [2.24, 2.45) is 0 Å². The van der Waals surface area contributed by atoms with E-state index in [4.69, 9.17) is 0 Å². The van der Waals surface area contributed by atoms with Crippen LogP contribution in [-0.4, -0.2) is 25.8 Å². The summed E-state index contributed by atoms with van der Waals surface area (Å²) in [4.78, 5) is 15.8. The zero-order chi connectivity index (χ0) is 16.0. The topological polar surface area (TPSA) is 80.0 Å². The number of pyridine rings is 1. The van der Waals surface area contributed by atoms with Gasteiger partial charge in [-0.25, -0.2) is 9.48 Å². The maximum absolute atomic E-state index is 11.4. The lowest BCUT2D eigenvalue weighted by Crippen LogP contribution is -2.21. The van der Waals surface area contributed by atoms with Crippen molar-refractivity contribution in [1.29, 1.82) is 0 Å². The second kappa shape index (κ2) is 4.95. The van der Waals surface area contributed by atoms with Crippen molar-refractivity contribution >= 4 is 17.5 Å². The molecule has 1 aromatic carbocycles. The normalized spacial score (nSPS) is 15.4. The lowest BCUT2D eigenvalue weighted by Gasteiger charge is -2.25. The number of aromatic carboxylic acids is 1. The van der Waals surface area contributed by atoms with Gasteiger partial charge in [0.15, 0.2) is 0 Å². The third-order valence-corrected chi connectivity index (χ3v) is 4.03. The smallest absolute Gasteiger partial charge is 0.337 e. The number of carboxylic acid groups (broad SMARTS) is 1. The Labute approximate surface area is 132 Å². The van der Waals surface area contributed by atoms with Crippen LogP contribution in [0.2, 0.25) is 0 Å². The van der Waals surface area contributed by atoms with Crippen molar-refractivity contribution in [2.45, 2.75) is 13.0 Å². The molecular weight excluding hydrogens is 292 g/mol. The highest BCUT2D eigenvalue weighted by atomic mass is 16.4. The van der Waals surface area contributed by atoms with E-state index in [1.807, 2.05) is 48.0 Å². The molecule has 0 amide bonds. The second-order valence-electron chi connectivity index (χ2n) is 5.45. The van der Waals surface area contributed by atoms with Gasteiger partial charge in [-0.2, -0.15) is 5.10 Å². The number of rotatable bonds is 2. The highest BCUT2D eigenvalue weighted by Gasteiger charge is 2.28. The average Bonchev–Trinajstić information content (AvgIpc) is 3.00. The van der Waals surface area contributed by atoms with Gasteiger partial charge in [-0.05, 0) is 13.0 Å². The molecule has 3 aromatic rings. The highest BCUT2D eigenvalue weighted by molar-refractivity contribution is 5.96.